The van der Waals surface area contributed by atoms with Crippen LogP contribution in [0.5, 0.6) is 0 Å². The van der Waals surface area contributed by atoms with E-state index in [1.807, 2.05) is 30.3 Å². The van der Waals surface area contributed by atoms with E-state index in [0.717, 1.165) is 22.6 Å². The van der Waals surface area contributed by atoms with E-state index >= 15 is 0 Å². The molecule has 2 aromatic heterocycles. The molecule has 0 spiro atoms. The topological polar surface area (TPSA) is 38.9 Å². The molecule has 2 heterocycles. The molecule has 88 valence electrons. The van der Waals surface area contributed by atoms with Crippen molar-refractivity contribution in [2.24, 2.45) is 0 Å². The first kappa shape index (κ1) is 10.7. The fraction of sp³-hybridized carbons (Fsp3) is 0.0667. The van der Waals surface area contributed by atoms with Crippen molar-refractivity contribution < 1.29 is 4.52 Å². The van der Waals surface area contributed by atoms with Crippen molar-refractivity contribution >= 4 is 0 Å². The highest BCUT2D eigenvalue weighted by Gasteiger charge is 2.08. The Kier molecular flexibility index (Phi) is 2.65. The normalized spacial score (nSPS) is 10.5. The van der Waals surface area contributed by atoms with Gasteiger partial charge in [0.05, 0.1) is 0 Å². The third-order valence-electron chi connectivity index (χ3n) is 2.77. The molecule has 0 bridgehead atoms. The largest absolute Gasteiger partial charge is 0.356 e. The highest BCUT2D eigenvalue weighted by molar-refractivity contribution is 5.66. The lowest BCUT2D eigenvalue weighted by atomic mass is 10.1. The van der Waals surface area contributed by atoms with Crippen LogP contribution < -0.4 is 0 Å². The molecule has 0 amide bonds. The van der Waals surface area contributed by atoms with Gasteiger partial charge in [0.2, 0.25) is 0 Å². The average molecular weight is 236 g/mol. The van der Waals surface area contributed by atoms with Crippen LogP contribution in [0, 0.1) is 6.92 Å². The molecule has 0 aliphatic heterocycles. The summed E-state index contributed by atoms with van der Waals surface area (Å²) in [6.45, 7) is 2.06. The van der Waals surface area contributed by atoms with Gasteiger partial charge >= 0.3 is 0 Å². The molecule has 0 fully saturated rings. The van der Waals surface area contributed by atoms with E-state index in [1.54, 1.807) is 12.4 Å². The van der Waals surface area contributed by atoms with E-state index in [0.29, 0.717) is 0 Å². The van der Waals surface area contributed by atoms with Crippen LogP contribution in [-0.4, -0.2) is 10.1 Å². The summed E-state index contributed by atoms with van der Waals surface area (Å²) in [5.41, 5.74) is 4.00. The van der Waals surface area contributed by atoms with E-state index < -0.39 is 0 Å². The minimum atomic E-state index is 0.776. The van der Waals surface area contributed by atoms with Crippen LogP contribution in [-0.2, 0) is 0 Å². The zero-order valence-electron chi connectivity index (χ0n) is 10.00. The lowest BCUT2D eigenvalue weighted by Gasteiger charge is -1.96. The summed E-state index contributed by atoms with van der Waals surface area (Å²) < 4.78 is 5.38. The summed E-state index contributed by atoms with van der Waals surface area (Å²) in [6, 6.07) is 13.9. The molecule has 18 heavy (non-hydrogen) atoms. The molecule has 0 N–H and O–H groups in total. The third-order valence-corrected chi connectivity index (χ3v) is 2.77. The molecule has 3 nitrogen and oxygen atoms in total. The van der Waals surface area contributed by atoms with E-state index in [1.165, 1.54) is 5.56 Å². The number of hydrogen-bond acceptors (Lipinski definition) is 3. The number of aryl methyl sites for hydroxylation is 1. The molecule has 3 heteroatoms. The molecule has 0 aliphatic carbocycles. The minimum Gasteiger partial charge on any atom is -0.356 e. The number of nitrogens with zero attached hydrogens (tertiary/aromatic N) is 2. The van der Waals surface area contributed by atoms with Crippen LogP contribution in [0.1, 0.15) is 5.56 Å². The molecule has 0 saturated carbocycles. The second-order valence-electron chi connectivity index (χ2n) is 4.19. The number of rotatable bonds is 2. The van der Waals surface area contributed by atoms with Crippen molar-refractivity contribution in [3.63, 3.8) is 0 Å². The van der Waals surface area contributed by atoms with Crippen LogP contribution in [0.2, 0.25) is 0 Å². The van der Waals surface area contributed by atoms with Gasteiger partial charge in [-0.1, -0.05) is 28.9 Å². The molecular weight excluding hydrogens is 224 g/mol. The lowest BCUT2D eigenvalue weighted by Crippen LogP contribution is -1.77. The predicted octanol–water partition coefficient (Wildman–Crippen LogP) is 3.71. The maximum Gasteiger partial charge on any atom is 0.167 e. The van der Waals surface area contributed by atoms with Gasteiger partial charge in [-0.3, -0.25) is 4.98 Å². The van der Waals surface area contributed by atoms with Crippen LogP contribution in [0.3, 0.4) is 0 Å². The van der Waals surface area contributed by atoms with Gasteiger partial charge in [-0.2, -0.15) is 0 Å². The molecule has 3 aromatic rings. The predicted molar refractivity (Wildman–Crippen MR) is 69.9 cm³/mol. The quantitative estimate of drug-likeness (QED) is 0.680. The Morgan fingerprint density at radius 1 is 1.00 bits per heavy atom. The standard InChI is InChI=1S/C15H12N2O/c1-11-4-2-5-12(8-11)15-9-14(17-18-15)13-6-3-7-16-10-13/h2-10H,1H3. The first-order valence-corrected chi connectivity index (χ1v) is 5.77. The molecule has 1 aromatic carbocycles. The van der Waals surface area contributed by atoms with Crippen LogP contribution >= 0.6 is 0 Å². The van der Waals surface area contributed by atoms with E-state index in [2.05, 4.69) is 29.2 Å². The summed E-state index contributed by atoms with van der Waals surface area (Å²) in [7, 11) is 0. The molecule has 0 saturated heterocycles. The number of aromatic nitrogens is 2. The smallest absolute Gasteiger partial charge is 0.167 e. The molecule has 0 radical (unpaired) electrons. The second-order valence-corrected chi connectivity index (χ2v) is 4.19. The zero-order valence-corrected chi connectivity index (χ0v) is 10.00. The fourth-order valence-electron chi connectivity index (χ4n) is 1.86. The number of hydrogen-bond donors (Lipinski definition) is 0. The Bertz CT molecular complexity index is 659. The molecule has 0 aliphatic rings. The van der Waals surface area contributed by atoms with Gasteiger partial charge < -0.3 is 4.52 Å². The molecule has 3 rings (SSSR count). The summed E-state index contributed by atoms with van der Waals surface area (Å²) >= 11 is 0. The molecule has 0 unspecified atom stereocenters. The Hall–Kier alpha value is -2.42. The maximum atomic E-state index is 5.38. The van der Waals surface area contributed by atoms with Crippen molar-refractivity contribution in [2.75, 3.05) is 0 Å². The van der Waals surface area contributed by atoms with Crippen LogP contribution in [0.25, 0.3) is 22.6 Å². The average Bonchev–Trinajstić information content (AvgIpc) is 2.89. The van der Waals surface area contributed by atoms with Crippen LogP contribution in [0.4, 0.5) is 0 Å². The fourth-order valence-corrected chi connectivity index (χ4v) is 1.86. The van der Waals surface area contributed by atoms with Gasteiger partial charge in [0.1, 0.15) is 5.69 Å². The Labute approximate surface area is 105 Å². The lowest BCUT2D eigenvalue weighted by molar-refractivity contribution is 0.435. The van der Waals surface area contributed by atoms with Gasteiger partial charge in [-0.15, -0.1) is 0 Å². The summed E-state index contributed by atoms with van der Waals surface area (Å²) in [5.74, 6) is 0.776. The number of pyridine rings is 1. The summed E-state index contributed by atoms with van der Waals surface area (Å²) in [4.78, 5) is 4.08. The monoisotopic (exact) mass is 236 g/mol. The van der Waals surface area contributed by atoms with Crippen molar-refractivity contribution in [1.29, 1.82) is 0 Å². The van der Waals surface area contributed by atoms with E-state index in [9.17, 15) is 0 Å². The van der Waals surface area contributed by atoms with E-state index in [4.69, 9.17) is 4.52 Å². The second kappa shape index (κ2) is 4.45. The Balaban J connectivity index is 2.00. The first-order valence-electron chi connectivity index (χ1n) is 5.77. The van der Waals surface area contributed by atoms with Crippen molar-refractivity contribution in [1.82, 2.24) is 10.1 Å². The van der Waals surface area contributed by atoms with Crippen molar-refractivity contribution in [3.8, 4) is 22.6 Å². The zero-order chi connectivity index (χ0) is 12.4. The summed E-state index contributed by atoms with van der Waals surface area (Å²) in [5, 5.41) is 4.08. The van der Waals surface area contributed by atoms with Gasteiger partial charge in [0, 0.05) is 29.6 Å². The molecular formula is C15H12N2O. The Morgan fingerprint density at radius 2 is 1.89 bits per heavy atom. The van der Waals surface area contributed by atoms with Crippen molar-refractivity contribution in [3.05, 3.63) is 60.4 Å². The minimum absolute atomic E-state index is 0.776. The third kappa shape index (κ3) is 2.02. The Morgan fingerprint density at radius 3 is 2.67 bits per heavy atom. The van der Waals surface area contributed by atoms with Gasteiger partial charge in [0.15, 0.2) is 5.76 Å². The highest BCUT2D eigenvalue weighted by Crippen LogP contribution is 2.25. The van der Waals surface area contributed by atoms with E-state index in [-0.39, 0.29) is 0 Å². The highest BCUT2D eigenvalue weighted by atomic mass is 16.5. The van der Waals surface area contributed by atoms with Gasteiger partial charge in [-0.25, -0.2) is 0 Å². The van der Waals surface area contributed by atoms with Gasteiger partial charge in [-0.05, 0) is 25.1 Å². The molecule has 0 atom stereocenters. The first-order chi connectivity index (χ1) is 8.83. The maximum absolute atomic E-state index is 5.38. The summed E-state index contributed by atoms with van der Waals surface area (Å²) in [6.07, 6.45) is 3.52. The number of benzene rings is 1. The van der Waals surface area contributed by atoms with Gasteiger partial charge in [0.25, 0.3) is 0 Å². The SMILES string of the molecule is Cc1cccc(-c2cc(-c3cccnc3)no2)c1. The van der Waals surface area contributed by atoms with Crippen molar-refractivity contribution in [2.45, 2.75) is 6.92 Å². The van der Waals surface area contributed by atoms with Crippen LogP contribution in [0.15, 0.2) is 59.4 Å².